The van der Waals surface area contributed by atoms with Crippen LogP contribution in [0.1, 0.15) is 46.9 Å². The van der Waals surface area contributed by atoms with E-state index in [4.69, 9.17) is 4.98 Å². The fraction of sp³-hybridized carbons (Fsp3) is 0.360. The van der Waals surface area contributed by atoms with Gasteiger partial charge in [-0.1, -0.05) is 38.1 Å². The Hall–Kier alpha value is -2.77. The molecule has 0 atom stereocenters. The van der Waals surface area contributed by atoms with Gasteiger partial charge in [0.2, 0.25) is 10.0 Å². The highest BCUT2D eigenvalue weighted by atomic mass is 32.2. The minimum atomic E-state index is -3.58. The van der Waals surface area contributed by atoms with E-state index in [-0.39, 0.29) is 24.9 Å². The number of pyridine rings is 1. The predicted molar refractivity (Wildman–Crippen MR) is 126 cm³/mol. The SMILES string of the molecule is Cc1ccc(S(=O)(=O)N2CCN(C(=O)c3cc(C(C)C)nc4ccccc34)CC2)cc1C. The van der Waals surface area contributed by atoms with E-state index in [1.807, 2.05) is 50.2 Å². The van der Waals surface area contributed by atoms with E-state index >= 15 is 0 Å². The number of nitrogens with zero attached hydrogens (tertiary/aromatic N) is 3. The molecule has 1 saturated heterocycles. The van der Waals surface area contributed by atoms with Crippen molar-refractivity contribution in [2.75, 3.05) is 26.2 Å². The lowest BCUT2D eigenvalue weighted by Gasteiger charge is -2.34. The van der Waals surface area contributed by atoms with Crippen LogP contribution in [0.15, 0.2) is 53.4 Å². The minimum absolute atomic E-state index is 0.0753. The summed E-state index contributed by atoms with van der Waals surface area (Å²) in [6.07, 6.45) is 0. The molecular formula is C25H29N3O3S. The molecule has 168 valence electrons. The van der Waals surface area contributed by atoms with Crippen LogP contribution in [0, 0.1) is 13.8 Å². The van der Waals surface area contributed by atoms with E-state index in [0.717, 1.165) is 27.7 Å². The molecule has 0 aliphatic carbocycles. The number of amides is 1. The molecule has 1 amide bonds. The van der Waals surface area contributed by atoms with Crippen molar-refractivity contribution in [1.29, 1.82) is 0 Å². The summed E-state index contributed by atoms with van der Waals surface area (Å²) in [7, 11) is -3.58. The quantitative estimate of drug-likeness (QED) is 0.598. The molecule has 2 heterocycles. The Morgan fingerprint density at radius 2 is 1.62 bits per heavy atom. The van der Waals surface area contributed by atoms with Gasteiger partial charge in [-0.05, 0) is 55.2 Å². The Morgan fingerprint density at radius 1 is 0.938 bits per heavy atom. The van der Waals surface area contributed by atoms with E-state index in [0.29, 0.717) is 23.5 Å². The predicted octanol–water partition coefficient (Wildman–Crippen LogP) is 4.12. The lowest BCUT2D eigenvalue weighted by Crippen LogP contribution is -2.50. The normalized spacial score (nSPS) is 15.5. The summed E-state index contributed by atoms with van der Waals surface area (Å²) in [6, 6.07) is 14.8. The molecule has 0 unspecified atom stereocenters. The summed E-state index contributed by atoms with van der Waals surface area (Å²) >= 11 is 0. The zero-order chi connectivity index (χ0) is 23.0. The molecule has 7 heteroatoms. The van der Waals surface area contributed by atoms with Crippen LogP contribution < -0.4 is 0 Å². The molecular weight excluding hydrogens is 422 g/mol. The Bertz CT molecular complexity index is 1280. The van der Waals surface area contributed by atoms with Gasteiger partial charge in [-0.2, -0.15) is 4.31 Å². The molecule has 0 N–H and O–H groups in total. The van der Waals surface area contributed by atoms with E-state index in [1.54, 1.807) is 17.0 Å². The summed E-state index contributed by atoms with van der Waals surface area (Å²) in [4.78, 5) is 20.2. The van der Waals surface area contributed by atoms with Crippen molar-refractivity contribution >= 4 is 26.8 Å². The van der Waals surface area contributed by atoms with E-state index < -0.39 is 10.0 Å². The maximum absolute atomic E-state index is 13.4. The van der Waals surface area contributed by atoms with Gasteiger partial charge in [-0.25, -0.2) is 8.42 Å². The van der Waals surface area contributed by atoms with Crippen LogP contribution in [-0.2, 0) is 10.0 Å². The number of rotatable bonds is 4. The number of piperazine rings is 1. The van der Waals surface area contributed by atoms with Crippen molar-refractivity contribution in [2.24, 2.45) is 0 Å². The smallest absolute Gasteiger partial charge is 0.254 e. The third kappa shape index (κ3) is 4.14. The van der Waals surface area contributed by atoms with Crippen molar-refractivity contribution in [3.63, 3.8) is 0 Å². The van der Waals surface area contributed by atoms with Crippen molar-refractivity contribution in [3.8, 4) is 0 Å². The third-order valence-corrected chi connectivity index (χ3v) is 8.09. The minimum Gasteiger partial charge on any atom is -0.336 e. The lowest BCUT2D eigenvalue weighted by atomic mass is 10.0. The highest BCUT2D eigenvalue weighted by Gasteiger charge is 2.31. The number of benzene rings is 2. The summed E-state index contributed by atoms with van der Waals surface area (Å²) in [5, 5.41) is 0.826. The zero-order valence-corrected chi connectivity index (χ0v) is 19.8. The summed E-state index contributed by atoms with van der Waals surface area (Å²) in [5.74, 6) is 0.125. The van der Waals surface area contributed by atoms with Gasteiger partial charge in [0.15, 0.2) is 0 Å². The van der Waals surface area contributed by atoms with Gasteiger partial charge in [0.25, 0.3) is 5.91 Å². The van der Waals surface area contributed by atoms with Crippen LogP contribution in [-0.4, -0.2) is 54.7 Å². The molecule has 1 fully saturated rings. The topological polar surface area (TPSA) is 70.6 Å². The average Bonchev–Trinajstić information content (AvgIpc) is 2.79. The number of para-hydroxylation sites is 1. The van der Waals surface area contributed by atoms with Gasteiger partial charge in [0.05, 0.1) is 16.0 Å². The maximum atomic E-state index is 13.4. The van der Waals surface area contributed by atoms with Crippen molar-refractivity contribution in [1.82, 2.24) is 14.2 Å². The number of aryl methyl sites for hydroxylation is 2. The molecule has 0 saturated carbocycles. The number of carbonyl (C=O) groups is 1. The Morgan fingerprint density at radius 3 is 2.28 bits per heavy atom. The summed E-state index contributed by atoms with van der Waals surface area (Å²) in [6.45, 7) is 9.26. The molecule has 6 nitrogen and oxygen atoms in total. The standard InChI is InChI=1S/C25H29N3O3S/c1-17(2)24-16-22(21-7-5-6-8-23(21)26-24)25(29)27-11-13-28(14-12-27)32(30,31)20-10-9-18(3)19(4)15-20/h5-10,15-17H,11-14H2,1-4H3. The molecule has 2 aromatic carbocycles. The average molecular weight is 452 g/mol. The van der Waals surface area contributed by atoms with Crippen molar-refractivity contribution in [2.45, 2.75) is 38.5 Å². The first kappa shape index (κ1) is 22.4. The van der Waals surface area contributed by atoms with Gasteiger partial charge in [-0.3, -0.25) is 9.78 Å². The maximum Gasteiger partial charge on any atom is 0.254 e. The zero-order valence-electron chi connectivity index (χ0n) is 19.0. The molecule has 0 bridgehead atoms. The van der Waals surface area contributed by atoms with Gasteiger partial charge >= 0.3 is 0 Å². The second kappa shape index (κ2) is 8.64. The number of aromatic nitrogens is 1. The number of carbonyl (C=O) groups excluding carboxylic acids is 1. The molecule has 4 rings (SSSR count). The van der Waals surface area contributed by atoms with Gasteiger partial charge in [0, 0.05) is 37.3 Å². The largest absolute Gasteiger partial charge is 0.336 e. The Balaban J connectivity index is 1.56. The van der Waals surface area contributed by atoms with Gasteiger partial charge in [-0.15, -0.1) is 0 Å². The molecule has 1 aliphatic rings. The van der Waals surface area contributed by atoms with Gasteiger partial charge < -0.3 is 4.90 Å². The van der Waals surface area contributed by atoms with Crippen molar-refractivity contribution < 1.29 is 13.2 Å². The first-order valence-electron chi connectivity index (χ1n) is 10.9. The van der Waals surface area contributed by atoms with Crippen LogP contribution in [0.2, 0.25) is 0 Å². The fourth-order valence-corrected chi connectivity index (χ4v) is 5.50. The number of fused-ring (bicyclic) bond motifs is 1. The van der Waals surface area contributed by atoms with E-state index in [1.165, 1.54) is 4.31 Å². The second-order valence-electron chi connectivity index (χ2n) is 8.71. The lowest BCUT2D eigenvalue weighted by molar-refractivity contribution is 0.0699. The third-order valence-electron chi connectivity index (χ3n) is 6.20. The highest BCUT2D eigenvalue weighted by molar-refractivity contribution is 7.89. The van der Waals surface area contributed by atoms with Crippen LogP contribution in [0.5, 0.6) is 0 Å². The first-order chi connectivity index (χ1) is 15.2. The molecule has 0 spiro atoms. The first-order valence-corrected chi connectivity index (χ1v) is 12.4. The summed E-state index contributed by atoms with van der Waals surface area (Å²) < 4.78 is 27.7. The Labute approximate surface area is 189 Å². The molecule has 1 aliphatic heterocycles. The fourth-order valence-electron chi connectivity index (χ4n) is 3.99. The highest BCUT2D eigenvalue weighted by Crippen LogP contribution is 2.25. The summed E-state index contributed by atoms with van der Waals surface area (Å²) in [5.41, 5.74) is 4.32. The van der Waals surface area contributed by atoms with E-state index in [2.05, 4.69) is 13.8 Å². The molecule has 3 aromatic rings. The van der Waals surface area contributed by atoms with Crippen LogP contribution in [0.25, 0.3) is 10.9 Å². The molecule has 32 heavy (non-hydrogen) atoms. The van der Waals surface area contributed by atoms with Gasteiger partial charge in [0.1, 0.15) is 0 Å². The Kier molecular flexibility index (Phi) is 6.05. The van der Waals surface area contributed by atoms with Crippen LogP contribution in [0.3, 0.4) is 0 Å². The van der Waals surface area contributed by atoms with Crippen LogP contribution >= 0.6 is 0 Å². The van der Waals surface area contributed by atoms with Crippen molar-refractivity contribution in [3.05, 3.63) is 70.9 Å². The monoisotopic (exact) mass is 451 g/mol. The second-order valence-corrected chi connectivity index (χ2v) is 10.6. The van der Waals surface area contributed by atoms with Crippen LogP contribution in [0.4, 0.5) is 0 Å². The molecule has 0 radical (unpaired) electrons. The number of hydrogen-bond donors (Lipinski definition) is 0. The van der Waals surface area contributed by atoms with E-state index in [9.17, 15) is 13.2 Å². The number of sulfonamides is 1. The number of hydrogen-bond acceptors (Lipinski definition) is 4. The molecule has 1 aromatic heterocycles.